The molecule has 0 bridgehead atoms. The van der Waals surface area contributed by atoms with Gasteiger partial charge in [0.2, 0.25) is 35.4 Å². The van der Waals surface area contributed by atoms with Crippen LogP contribution in [0.3, 0.4) is 0 Å². The summed E-state index contributed by atoms with van der Waals surface area (Å²) in [5.74, 6) is -1.83. The van der Waals surface area contributed by atoms with E-state index in [9.17, 15) is 38.4 Å². The Kier molecular flexibility index (Phi) is 19.7. The summed E-state index contributed by atoms with van der Waals surface area (Å²) in [6.45, 7) is 9.80. The van der Waals surface area contributed by atoms with Gasteiger partial charge in [-0.25, -0.2) is 9.59 Å². The number of urea groups is 2. The molecule has 8 rings (SSSR count). The van der Waals surface area contributed by atoms with Crippen molar-refractivity contribution in [3.63, 3.8) is 0 Å². The Labute approximate surface area is 464 Å². The number of nitrogens with one attached hydrogen (secondary N) is 8. The fourth-order valence-corrected chi connectivity index (χ4v) is 12.5. The zero-order chi connectivity index (χ0) is 56.3. The topological polar surface area (TPSA) is 246 Å². The minimum Gasteiger partial charge on any atom is -0.351 e. The fourth-order valence-electron chi connectivity index (χ4n) is 12.5. The lowest BCUT2D eigenvalue weighted by molar-refractivity contribution is -0.145. The predicted octanol–water partition coefficient (Wildman–Crippen LogP) is 4.49. The molecule has 0 unspecified atom stereocenters. The van der Waals surface area contributed by atoms with Gasteiger partial charge >= 0.3 is 12.1 Å². The molecule has 2 aromatic carbocycles. The Hall–Kier alpha value is -7.06. The van der Waals surface area contributed by atoms with Gasteiger partial charge in [-0.05, 0) is 129 Å². The summed E-state index contributed by atoms with van der Waals surface area (Å²) in [5.41, 5.74) is 2.95. The molecule has 79 heavy (non-hydrogen) atoms. The third kappa shape index (κ3) is 13.9. The predicted molar refractivity (Wildman–Crippen MR) is 302 cm³/mol. The van der Waals surface area contributed by atoms with Gasteiger partial charge in [-0.3, -0.25) is 28.8 Å². The van der Waals surface area contributed by atoms with Gasteiger partial charge < -0.3 is 62.1 Å². The van der Waals surface area contributed by atoms with E-state index < -0.39 is 71.9 Å². The smallest absolute Gasteiger partial charge is 0.321 e. The largest absolute Gasteiger partial charge is 0.351 e. The second-order valence-electron chi connectivity index (χ2n) is 22.2. The van der Waals surface area contributed by atoms with Gasteiger partial charge in [-0.1, -0.05) is 79.6 Å². The first kappa shape index (κ1) is 58.1. The van der Waals surface area contributed by atoms with Gasteiger partial charge in [-0.15, -0.1) is 0 Å². The van der Waals surface area contributed by atoms with Gasteiger partial charge in [-0.2, -0.15) is 0 Å². The van der Waals surface area contributed by atoms with Crippen molar-refractivity contribution < 1.29 is 38.4 Å². The van der Waals surface area contributed by atoms with E-state index in [0.29, 0.717) is 49.9 Å². The molecule has 10 amide bonds. The van der Waals surface area contributed by atoms with E-state index in [1.54, 1.807) is 62.0 Å². The van der Waals surface area contributed by atoms with Crippen molar-refractivity contribution in [3.8, 4) is 0 Å². The lowest BCUT2D eigenvalue weighted by atomic mass is 9.94. The number of anilines is 2. The molecular formula is C59H82N12O8. The van der Waals surface area contributed by atoms with Crippen LogP contribution >= 0.6 is 0 Å². The first-order valence-electron chi connectivity index (χ1n) is 28.5. The molecule has 4 heterocycles. The molecule has 20 heteroatoms. The lowest BCUT2D eigenvalue weighted by Crippen LogP contribution is -2.63. The zero-order valence-electron chi connectivity index (χ0n) is 46.5. The Morgan fingerprint density at radius 2 is 1.06 bits per heavy atom. The number of amides is 10. The van der Waals surface area contributed by atoms with Gasteiger partial charge in [0, 0.05) is 60.5 Å². The van der Waals surface area contributed by atoms with Gasteiger partial charge in [0.25, 0.3) is 0 Å². The highest BCUT2D eigenvalue weighted by Crippen LogP contribution is 2.37. The first-order chi connectivity index (χ1) is 38.1. The molecule has 6 aliphatic rings. The van der Waals surface area contributed by atoms with E-state index in [0.717, 1.165) is 44.1 Å². The standard InChI is InChI=1S/C59H82N12O8/c1-7-8-10-15-36(2)44-18-13-20-46(44)64-54(74)50-28-26-42-30-32-68(34-48(56(76)70(42)50)66-52(72)37(3)60-5)58(78)62-40-22-24-41(25-23-40)63-59(79)69-33-31-43-27-29-51(71(43)57(77)49(35-69)67-53(73)38(4)61-6)55(75)65-47-21-14-19-45(47)39-16-11-9-12-17-39/h7-12,15-17,22-25,37-38,42-51,60-61H,2,13-14,18-21,26-35H2,1,3-6H3,(H,62,78)(H,63,79)(H,64,74)(H,65,75)(H,66,72)(H,67,73)/b8-7-,15-10-/t37-,38-,42+,43+,44+,45+,46+,47+,48-,49-,50-,51-/m0/s1. The third-order valence-corrected chi connectivity index (χ3v) is 17.2. The number of rotatable bonds is 16. The van der Waals surface area contributed by atoms with Crippen LogP contribution in [0.2, 0.25) is 0 Å². The number of benzene rings is 2. The maximum absolute atomic E-state index is 14.6. The lowest BCUT2D eigenvalue weighted by Gasteiger charge is -2.39. The van der Waals surface area contributed by atoms with Crippen LogP contribution in [-0.2, 0) is 28.8 Å². The maximum atomic E-state index is 14.6. The Morgan fingerprint density at radius 3 is 1.56 bits per heavy atom. The van der Waals surface area contributed by atoms with Gasteiger partial charge in [0.15, 0.2) is 0 Å². The number of fused-ring (bicyclic) bond motifs is 2. The monoisotopic (exact) mass is 1090 g/mol. The zero-order valence-corrected chi connectivity index (χ0v) is 46.5. The molecular weight excluding hydrogens is 1000 g/mol. The summed E-state index contributed by atoms with van der Waals surface area (Å²) >= 11 is 0. The van der Waals surface area contributed by atoms with E-state index in [-0.39, 0.29) is 74.0 Å². The van der Waals surface area contributed by atoms with Crippen molar-refractivity contribution in [2.24, 2.45) is 5.92 Å². The van der Waals surface area contributed by atoms with Crippen molar-refractivity contribution in [2.45, 2.75) is 164 Å². The quantitative estimate of drug-likeness (QED) is 0.110. The SMILES string of the molecule is C=C(/C=C\C=C/C)[C@H]1CCC[C@H]1NC(=O)[C@@H]1CC[C@@H]2CCN(C(=O)Nc3ccc(NC(=O)N4CC[C@H]5CC[C@@H](C(=O)N[C@@H]6CCC[C@@H]6c6ccccc6)N5C(=O)[C@@H](NC(=O)[C@H](C)NC)C4)cc3)C[C@H](NC(=O)[C@H](C)NC)C(=O)N21. The van der Waals surface area contributed by atoms with E-state index in [4.69, 9.17) is 0 Å². The second kappa shape index (κ2) is 26.7. The van der Waals surface area contributed by atoms with Crippen molar-refractivity contribution in [1.29, 1.82) is 0 Å². The molecule has 12 atom stereocenters. The molecule has 2 saturated carbocycles. The number of carbonyl (C=O) groups excluding carboxylic acids is 8. The highest BCUT2D eigenvalue weighted by molar-refractivity contribution is 5.97. The van der Waals surface area contributed by atoms with Crippen LogP contribution in [0.5, 0.6) is 0 Å². The van der Waals surface area contributed by atoms with E-state index >= 15 is 0 Å². The molecule has 0 radical (unpaired) electrons. The number of carbonyl (C=O) groups is 8. The number of nitrogens with zero attached hydrogens (tertiary/aromatic N) is 4. The average Bonchev–Trinajstić information content (AvgIpc) is 4.43. The van der Waals surface area contributed by atoms with Crippen molar-refractivity contribution in [1.82, 2.24) is 51.5 Å². The molecule has 6 fully saturated rings. The Balaban J connectivity index is 0.901. The number of likely N-dealkylation sites (N-methyl/N-ethyl adjacent to an activating group) is 2. The summed E-state index contributed by atoms with van der Waals surface area (Å²) in [6.07, 6.45) is 16.2. The van der Waals surface area contributed by atoms with Crippen LogP contribution in [-0.4, -0.2) is 168 Å². The maximum Gasteiger partial charge on any atom is 0.321 e. The van der Waals surface area contributed by atoms with Crippen LogP contribution in [0, 0.1) is 5.92 Å². The van der Waals surface area contributed by atoms with Crippen LogP contribution in [0.4, 0.5) is 21.0 Å². The molecule has 0 spiro atoms. The van der Waals surface area contributed by atoms with E-state index in [1.165, 1.54) is 15.4 Å². The summed E-state index contributed by atoms with van der Waals surface area (Å²) in [5, 5.41) is 24.0. The molecule has 20 nitrogen and oxygen atoms in total. The summed E-state index contributed by atoms with van der Waals surface area (Å²) in [7, 11) is 3.28. The fraction of sp³-hybridized carbons (Fsp3) is 0.559. The first-order valence-corrected chi connectivity index (χ1v) is 28.5. The molecule has 4 saturated heterocycles. The minimum atomic E-state index is -1.13. The minimum absolute atomic E-state index is 0.0547. The van der Waals surface area contributed by atoms with Crippen LogP contribution < -0.4 is 42.5 Å². The Morgan fingerprint density at radius 1 is 0.582 bits per heavy atom. The molecule has 426 valence electrons. The van der Waals surface area contributed by atoms with E-state index in [1.807, 2.05) is 49.4 Å². The highest BCUT2D eigenvalue weighted by Gasteiger charge is 2.48. The van der Waals surface area contributed by atoms with Crippen molar-refractivity contribution in [2.75, 3.05) is 50.9 Å². The summed E-state index contributed by atoms with van der Waals surface area (Å²) in [6, 6.07) is 9.92. The van der Waals surface area contributed by atoms with Crippen molar-refractivity contribution >= 4 is 58.9 Å². The van der Waals surface area contributed by atoms with Crippen LogP contribution in [0.15, 0.2) is 91.1 Å². The highest BCUT2D eigenvalue weighted by atomic mass is 16.2. The van der Waals surface area contributed by atoms with Crippen LogP contribution in [0.1, 0.15) is 109 Å². The normalized spacial score (nSPS) is 28.0. The molecule has 4 aliphatic heterocycles. The Bertz CT molecular complexity index is 2610. The molecule has 8 N–H and O–H groups in total. The van der Waals surface area contributed by atoms with Gasteiger partial charge in [0.1, 0.15) is 24.2 Å². The summed E-state index contributed by atoms with van der Waals surface area (Å²) in [4.78, 5) is 119. The molecule has 2 aromatic rings. The number of hydrogen-bond donors (Lipinski definition) is 8. The van der Waals surface area contributed by atoms with E-state index in [2.05, 4.69) is 61.2 Å². The molecule has 0 aromatic heterocycles. The number of hydrogen-bond acceptors (Lipinski definition) is 10. The second-order valence-corrected chi connectivity index (χ2v) is 22.2. The molecule has 2 aliphatic carbocycles. The third-order valence-electron chi connectivity index (χ3n) is 17.2. The van der Waals surface area contributed by atoms with Crippen molar-refractivity contribution in [3.05, 3.63) is 96.6 Å². The number of allylic oxidation sites excluding steroid dienone is 4. The van der Waals surface area contributed by atoms with Gasteiger partial charge in [0.05, 0.1) is 25.2 Å². The van der Waals surface area contributed by atoms with Crippen LogP contribution in [0.25, 0.3) is 0 Å². The summed E-state index contributed by atoms with van der Waals surface area (Å²) < 4.78 is 0. The average molecular weight is 1090 g/mol.